The highest BCUT2D eigenvalue weighted by molar-refractivity contribution is 14.0. The van der Waals surface area contributed by atoms with Crippen molar-refractivity contribution in [2.75, 3.05) is 13.1 Å². The molecule has 0 radical (unpaired) electrons. The first-order valence-electron chi connectivity index (χ1n) is 7.40. The molecule has 0 amide bonds. The van der Waals surface area contributed by atoms with E-state index in [0.29, 0.717) is 12.5 Å². The summed E-state index contributed by atoms with van der Waals surface area (Å²) >= 11 is 0. The number of guanidine groups is 1. The Hall–Kier alpha value is -1.67. The molecule has 0 saturated carbocycles. The summed E-state index contributed by atoms with van der Waals surface area (Å²) in [4.78, 5) is 8.53. The number of hydrogen-bond acceptors (Lipinski definition) is 3. The van der Waals surface area contributed by atoms with Gasteiger partial charge in [0.15, 0.2) is 5.96 Å². The van der Waals surface area contributed by atoms with Crippen LogP contribution in [-0.2, 0) is 19.4 Å². The summed E-state index contributed by atoms with van der Waals surface area (Å²) in [6.07, 6.45) is 3.43. The predicted octanol–water partition coefficient (Wildman–Crippen LogP) is 1.88. The number of aliphatic hydroxyl groups is 1. The first-order chi connectivity index (χ1) is 10.8. The maximum absolute atomic E-state index is 8.99. The molecule has 0 fully saturated rings. The van der Waals surface area contributed by atoms with Crippen LogP contribution in [0.25, 0.3) is 0 Å². The molecule has 0 unspecified atom stereocenters. The number of aliphatic hydroxyl groups excluding tert-OH is 1. The quantitative estimate of drug-likeness (QED) is 0.359. The number of halogens is 1. The molecule has 4 N–H and O–H groups in total. The molecule has 1 aromatic carbocycles. The van der Waals surface area contributed by atoms with Gasteiger partial charge in [-0.3, -0.25) is 9.98 Å². The van der Waals surface area contributed by atoms with Crippen LogP contribution < -0.4 is 11.1 Å². The summed E-state index contributed by atoms with van der Waals surface area (Å²) in [6, 6.07) is 13.7. The van der Waals surface area contributed by atoms with E-state index in [2.05, 4.69) is 15.3 Å². The number of hydrogen-bond donors (Lipinski definition) is 3. The summed E-state index contributed by atoms with van der Waals surface area (Å²) < 4.78 is 0. The Bertz CT molecular complexity index is 587. The van der Waals surface area contributed by atoms with E-state index in [-0.39, 0.29) is 30.6 Å². The fourth-order valence-corrected chi connectivity index (χ4v) is 2.04. The summed E-state index contributed by atoms with van der Waals surface area (Å²) in [5, 5.41) is 12.1. The van der Waals surface area contributed by atoms with Crippen molar-refractivity contribution in [2.24, 2.45) is 10.7 Å². The van der Waals surface area contributed by atoms with E-state index >= 15 is 0 Å². The Kier molecular flexibility index (Phi) is 9.23. The third-order valence-electron chi connectivity index (χ3n) is 3.30. The average Bonchev–Trinajstić information content (AvgIpc) is 2.56. The number of nitrogens with zero attached hydrogens (tertiary/aromatic N) is 2. The molecule has 0 spiro atoms. The predicted molar refractivity (Wildman–Crippen MR) is 104 cm³/mol. The third-order valence-corrected chi connectivity index (χ3v) is 3.30. The van der Waals surface area contributed by atoms with E-state index in [1.807, 2.05) is 42.5 Å². The number of aromatic nitrogens is 1. The molecule has 2 rings (SSSR count). The Balaban J connectivity index is 0.00000264. The lowest BCUT2D eigenvalue weighted by atomic mass is 10.1. The zero-order valence-electron chi connectivity index (χ0n) is 13.0. The van der Waals surface area contributed by atoms with Crippen LogP contribution in [0.1, 0.15) is 16.8 Å². The molecular formula is C17H23IN4O. The topological polar surface area (TPSA) is 83.5 Å². The van der Waals surface area contributed by atoms with Crippen molar-refractivity contribution in [3.8, 4) is 0 Å². The van der Waals surface area contributed by atoms with Gasteiger partial charge in [-0.25, -0.2) is 0 Å². The molecule has 0 bridgehead atoms. The van der Waals surface area contributed by atoms with Crippen molar-refractivity contribution in [2.45, 2.75) is 19.4 Å². The highest BCUT2D eigenvalue weighted by atomic mass is 127. The lowest BCUT2D eigenvalue weighted by molar-refractivity contribution is 0.282. The van der Waals surface area contributed by atoms with Crippen molar-refractivity contribution >= 4 is 29.9 Å². The van der Waals surface area contributed by atoms with Gasteiger partial charge in [0.2, 0.25) is 0 Å². The zero-order chi connectivity index (χ0) is 15.6. The van der Waals surface area contributed by atoms with Crippen LogP contribution in [0.4, 0.5) is 0 Å². The molecule has 2 aromatic rings. The fourth-order valence-electron chi connectivity index (χ4n) is 2.04. The molecule has 124 valence electrons. The van der Waals surface area contributed by atoms with E-state index in [9.17, 15) is 0 Å². The van der Waals surface area contributed by atoms with Crippen molar-refractivity contribution in [1.82, 2.24) is 10.3 Å². The summed E-state index contributed by atoms with van der Waals surface area (Å²) in [6.45, 7) is 1.44. The number of nitrogens with two attached hydrogens (primary N) is 1. The average molecular weight is 426 g/mol. The Morgan fingerprint density at radius 3 is 2.48 bits per heavy atom. The van der Waals surface area contributed by atoms with Crippen LogP contribution in [0.2, 0.25) is 0 Å². The molecular weight excluding hydrogens is 403 g/mol. The lowest BCUT2D eigenvalue weighted by Gasteiger charge is -2.06. The van der Waals surface area contributed by atoms with Gasteiger partial charge in [0.05, 0.1) is 6.61 Å². The largest absolute Gasteiger partial charge is 0.392 e. The number of pyridine rings is 1. The first-order valence-corrected chi connectivity index (χ1v) is 7.40. The van der Waals surface area contributed by atoms with Crippen molar-refractivity contribution < 1.29 is 5.11 Å². The van der Waals surface area contributed by atoms with Crippen LogP contribution in [0.15, 0.2) is 53.7 Å². The maximum atomic E-state index is 8.99. The smallest absolute Gasteiger partial charge is 0.188 e. The minimum Gasteiger partial charge on any atom is -0.392 e. The molecule has 1 aromatic heterocycles. The summed E-state index contributed by atoms with van der Waals surface area (Å²) in [5.74, 6) is 0.461. The molecule has 0 saturated heterocycles. The van der Waals surface area contributed by atoms with Gasteiger partial charge < -0.3 is 16.2 Å². The Morgan fingerprint density at radius 1 is 1.09 bits per heavy atom. The summed E-state index contributed by atoms with van der Waals surface area (Å²) in [5.41, 5.74) is 8.97. The van der Waals surface area contributed by atoms with E-state index in [4.69, 9.17) is 10.8 Å². The Labute approximate surface area is 154 Å². The van der Waals surface area contributed by atoms with Gasteiger partial charge in [-0.15, -0.1) is 24.0 Å². The van der Waals surface area contributed by atoms with Crippen molar-refractivity contribution in [3.63, 3.8) is 0 Å². The minimum atomic E-state index is 0. The second kappa shape index (κ2) is 11.0. The van der Waals surface area contributed by atoms with Crippen molar-refractivity contribution in [3.05, 3.63) is 65.5 Å². The van der Waals surface area contributed by atoms with Crippen LogP contribution >= 0.6 is 24.0 Å². The second-order valence-electron chi connectivity index (χ2n) is 4.99. The van der Waals surface area contributed by atoms with E-state index in [0.717, 1.165) is 30.6 Å². The molecule has 0 aliphatic rings. The van der Waals surface area contributed by atoms with E-state index in [1.165, 1.54) is 5.56 Å². The third kappa shape index (κ3) is 7.43. The van der Waals surface area contributed by atoms with Crippen LogP contribution in [-0.4, -0.2) is 29.1 Å². The molecule has 0 aliphatic carbocycles. The van der Waals surface area contributed by atoms with Gasteiger partial charge in [0.1, 0.15) is 0 Å². The molecule has 1 heterocycles. The highest BCUT2D eigenvalue weighted by Gasteiger charge is 1.96. The molecule has 0 aliphatic heterocycles. The molecule has 23 heavy (non-hydrogen) atoms. The molecule has 6 heteroatoms. The van der Waals surface area contributed by atoms with Crippen LogP contribution in [0.3, 0.4) is 0 Å². The molecule has 5 nitrogen and oxygen atoms in total. The number of rotatable bonds is 7. The minimum absolute atomic E-state index is 0. The van der Waals surface area contributed by atoms with Gasteiger partial charge in [-0.1, -0.05) is 30.3 Å². The summed E-state index contributed by atoms with van der Waals surface area (Å²) in [7, 11) is 0. The zero-order valence-corrected chi connectivity index (χ0v) is 15.3. The second-order valence-corrected chi connectivity index (χ2v) is 4.99. The van der Waals surface area contributed by atoms with E-state index < -0.39 is 0 Å². The normalized spacial score (nSPS) is 10.9. The van der Waals surface area contributed by atoms with Gasteiger partial charge in [-0.2, -0.15) is 0 Å². The number of aliphatic imine (C=N–C) groups is 1. The van der Waals surface area contributed by atoms with Crippen molar-refractivity contribution in [1.29, 1.82) is 0 Å². The van der Waals surface area contributed by atoms with Gasteiger partial charge in [0, 0.05) is 31.4 Å². The highest BCUT2D eigenvalue weighted by Crippen LogP contribution is 2.04. The SMILES string of the molecule is I.NC(=NCCc1ccccn1)NCCc1ccc(CO)cc1. The monoisotopic (exact) mass is 426 g/mol. The Morgan fingerprint density at radius 2 is 1.83 bits per heavy atom. The lowest BCUT2D eigenvalue weighted by Crippen LogP contribution is -2.33. The van der Waals surface area contributed by atoms with Crippen LogP contribution in [0.5, 0.6) is 0 Å². The van der Waals surface area contributed by atoms with Crippen LogP contribution in [0, 0.1) is 0 Å². The van der Waals surface area contributed by atoms with E-state index in [1.54, 1.807) is 6.20 Å². The van der Waals surface area contributed by atoms with Gasteiger partial charge >= 0.3 is 0 Å². The van der Waals surface area contributed by atoms with Gasteiger partial charge in [-0.05, 0) is 29.7 Å². The number of nitrogens with one attached hydrogen (secondary N) is 1. The maximum Gasteiger partial charge on any atom is 0.188 e. The fraction of sp³-hybridized carbons (Fsp3) is 0.294. The number of benzene rings is 1. The molecule has 0 atom stereocenters. The first kappa shape index (κ1) is 19.4. The van der Waals surface area contributed by atoms with Gasteiger partial charge in [0.25, 0.3) is 0 Å². The standard InChI is InChI=1S/C17H22N4O.HI/c18-17(21-12-9-16-3-1-2-10-19-16)20-11-8-14-4-6-15(13-22)7-5-14;/h1-7,10,22H,8-9,11-13H2,(H3,18,20,21);1H.